The van der Waals surface area contributed by atoms with Gasteiger partial charge in [-0.05, 0) is 37.1 Å². The van der Waals surface area contributed by atoms with Crippen molar-refractivity contribution >= 4 is 21.7 Å². The monoisotopic (exact) mass is 448 g/mol. The average Bonchev–Trinajstić information content (AvgIpc) is 2.80. The molecule has 3 heterocycles. The predicted octanol–water partition coefficient (Wildman–Crippen LogP) is 1.96. The Labute approximate surface area is 181 Å². The highest BCUT2D eigenvalue weighted by Gasteiger charge is 2.27. The highest BCUT2D eigenvalue weighted by atomic mass is 32.2. The van der Waals surface area contributed by atoms with Gasteiger partial charge in [0.15, 0.2) is 0 Å². The fraction of sp³-hybridized carbons (Fsp3) is 0.429. The van der Waals surface area contributed by atoms with Crippen LogP contribution in [0.4, 0.5) is 10.2 Å². The third-order valence-corrected chi connectivity index (χ3v) is 7.46. The zero-order valence-electron chi connectivity index (χ0n) is 17.0. The topological polar surface area (TPSA) is 91.8 Å². The van der Waals surface area contributed by atoms with Gasteiger partial charge < -0.3 is 15.0 Å². The number of nitrogens with zero attached hydrogens (tertiary/aromatic N) is 3. The van der Waals surface area contributed by atoms with Crippen molar-refractivity contribution < 1.29 is 22.3 Å². The number of ether oxygens (including phenoxy) is 1. The minimum absolute atomic E-state index is 0.0904. The van der Waals surface area contributed by atoms with Crippen molar-refractivity contribution in [2.75, 3.05) is 44.7 Å². The molecule has 2 saturated heterocycles. The Morgan fingerprint density at radius 2 is 1.77 bits per heavy atom. The molecule has 2 aliphatic heterocycles. The van der Waals surface area contributed by atoms with Crippen molar-refractivity contribution in [3.05, 3.63) is 54.0 Å². The Kier molecular flexibility index (Phi) is 6.49. The number of sulfonamides is 1. The number of likely N-dealkylation sites (tertiary alicyclic amines) is 1. The molecule has 1 N–H and O–H groups in total. The first-order valence-electron chi connectivity index (χ1n) is 10.3. The number of hydrogen-bond acceptors (Lipinski definition) is 6. The molecule has 10 heteroatoms. The lowest BCUT2D eigenvalue weighted by Crippen LogP contribution is -2.42. The molecule has 4 rings (SSSR count). The Balaban J connectivity index is 1.33. The van der Waals surface area contributed by atoms with E-state index in [-0.39, 0.29) is 22.4 Å². The molecular formula is C21H25FN4O4S. The van der Waals surface area contributed by atoms with Crippen molar-refractivity contribution in [2.45, 2.75) is 23.8 Å². The number of piperidine rings is 1. The smallest absolute Gasteiger partial charge is 0.256 e. The van der Waals surface area contributed by atoms with E-state index in [9.17, 15) is 17.6 Å². The lowest BCUT2D eigenvalue weighted by Gasteiger charge is -2.32. The largest absolute Gasteiger partial charge is 0.379 e. The molecule has 0 unspecified atom stereocenters. The molecule has 2 aromatic rings. The number of rotatable bonds is 5. The predicted molar refractivity (Wildman–Crippen MR) is 113 cm³/mol. The summed E-state index contributed by atoms with van der Waals surface area (Å²) in [5.41, 5.74) is 0.0904. The highest BCUT2D eigenvalue weighted by molar-refractivity contribution is 7.89. The molecule has 0 bridgehead atoms. The summed E-state index contributed by atoms with van der Waals surface area (Å²) in [7, 11) is -3.57. The molecular weight excluding hydrogens is 423 g/mol. The summed E-state index contributed by atoms with van der Waals surface area (Å²) in [5.74, 6) is -0.226. The molecule has 166 valence electrons. The van der Waals surface area contributed by atoms with Crippen LogP contribution in [0.25, 0.3) is 0 Å². The fourth-order valence-electron chi connectivity index (χ4n) is 3.80. The molecule has 0 saturated carbocycles. The molecule has 1 aromatic carbocycles. The molecule has 31 heavy (non-hydrogen) atoms. The normalized spacial score (nSPS) is 18.7. The quantitative estimate of drug-likeness (QED) is 0.752. The molecule has 0 radical (unpaired) electrons. The number of carbonyl (C=O) groups is 1. The van der Waals surface area contributed by atoms with E-state index in [1.54, 1.807) is 29.2 Å². The van der Waals surface area contributed by atoms with E-state index in [1.165, 1.54) is 22.6 Å². The number of amides is 1. The number of morpholine rings is 1. The number of nitrogens with one attached hydrogen (secondary N) is 1. The zero-order chi connectivity index (χ0) is 21.8. The number of pyridine rings is 1. The molecule has 0 aliphatic carbocycles. The number of aromatic nitrogens is 1. The van der Waals surface area contributed by atoms with Crippen molar-refractivity contribution in [1.29, 1.82) is 0 Å². The van der Waals surface area contributed by atoms with E-state index in [0.717, 1.165) is 0 Å². The molecule has 0 atom stereocenters. The van der Waals surface area contributed by atoms with E-state index in [1.807, 2.05) is 0 Å². The summed E-state index contributed by atoms with van der Waals surface area (Å²) >= 11 is 0. The van der Waals surface area contributed by atoms with Gasteiger partial charge in [0.2, 0.25) is 10.0 Å². The van der Waals surface area contributed by atoms with E-state index >= 15 is 0 Å². The first-order chi connectivity index (χ1) is 14.9. The van der Waals surface area contributed by atoms with Crippen molar-refractivity contribution in [1.82, 2.24) is 14.2 Å². The van der Waals surface area contributed by atoms with Crippen LogP contribution in [0.3, 0.4) is 0 Å². The summed E-state index contributed by atoms with van der Waals surface area (Å²) in [6, 6.07) is 9.31. The van der Waals surface area contributed by atoms with Gasteiger partial charge in [-0.2, -0.15) is 4.31 Å². The van der Waals surface area contributed by atoms with Crippen LogP contribution in [-0.4, -0.2) is 73.9 Å². The van der Waals surface area contributed by atoms with Gasteiger partial charge in [-0.3, -0.25) is 4.79 Å². The van der Waals surface area contributed by atoms with Crippen LogP contribution in [0.1, 0.15) is 23.2 Å². The molecule has 2 aliphatic rings. The van der Waals surface area contributed by atoms with Gasteiger partial charge in [0.25, 0.3) is 5.91 Å². The number of anilines is 1. The Morgan fingerprint density at radius 3 is 2.42 bits per heavy atom. The summed E-state index contributed by atoms with van der Waals surface area (Å²) < 4.78 is 45.8. The van der Waals surface area contributed by atoms with Gasteiger partial charge in [-0.1, -0.05) is 12.1 Å². The van der Waals surface area contributed by atoms with Crippen LogP contribution in [0.2, 0.25) is 0 Å². The van der Waals surface area contributed by atoms with Crippen LogP contribution in [0, 0.1) is 5.82 Å². The van der Waals surface area contributed by atoms with Gasteiger partial charge in [0.1, 0.15) is 16.5 Å². The third-order valence-electron chi connectivity index (χ3n) is 5.58. The molecule has 0 spiro atoms. The first-order valence-corrected chi connectivity index (χ1v) is 11.7. The Hall–Kier alpha value is -2.56. The minimum atomic E-state index is -3.57. The third kappa shape index (κ3) is 4.86. The maximum atomic E-state index is 13.9. The summed E-state index contributed by atoms with van der Waals surface area (Å²) in [4.78, 5) is 18.6. The minimum Gasteiger partial charge on any atom is -0.379 e. The lowest BCUT2D eigenvalue weighted by molar-refractivity contribution is 0.0713. The Morgan fingerprint density at radius 1 is 1.06 bits per heavy atom. The Bertz CT molecular complexity index is 1020. The van der Waals surface area contributed by atoms with E-state index < -0.39 is 15.8 Å². The second kappa shape index (κ2) is 9.29. The first kappa shape index (κ1) is 21.7. The number of benzene rings is 1. The standard InChI is InChI=1S/C21H25FN4O4S/c22-19-4-2-1-3-18(19)21(27)25-9-7-16(8-10-25)24-20-6-5-17(15-23-20)31(28,29)26-11-13-30-14-12-26/h1-6,15-16H,7-14H2,(H,23,24). The molecule has 1 aromatic heterocycles. The van der Waals surface area contributed by atoms with Crippen LogP contribution in [0.5, 0.6) is 0 Å². The second-order valence-electron chi connectivity index (χ2n) is 7.59. The van der Waals surface area contributed by atoms with Crippen molar-refractivity contribution in [3.8, 4) is 0 Å². The lowest BCUT2D eigenvalue weighted by atomic mass is 10.0. The maximum absolute atomic E-state index is 13.9. The van der Waals surface area contributed by atoms with Crippen LogP contribution >= 0.6 is 0 Å². The molecule has 2 fully saturated rings. The summed E-state index contributed by atoms with van der Waals surface area (Å²) in [6.07, 6.45) is 2.75. The van der Waals surface area contributed by atoms with Crippen molar-refractivity contribution in [2.24, 2.45) is 0 Å². The van der Waals surface area contributed by atoms with Crippen LogP contribution in [0.15, 0.2) is 47.5 Å². The SMILES string of the molecule is O=C(c1ccccc1F)N1CCC(Nc2ccc(S(=O)(=O)N3CCOCC3)cn2)CC1. The average molecular weight is 449 g/mol. The van der Waals surface area contributed by atoms with Gasteiger partial charge >= 0.3 is 0 Å². The fourth-order valence-corrected chi connectivity index (χ4v) is 5.15. The van der Waals surface area contributed by atoms with E-state index in [2.05, 4.69) is 10.3 Å². The van der Waals surface area contributed by atoms with Crippen molar-refractivity contribution in [3.63, 3.8) is 0 Å². The van der Waals surface area contributed by atoms with Gasteiger partial charge in [0.05, 0.1) is 18.8 Å². The summed E-state index contributed by atoms with van der Waals surface area (Å²) in [5, 5.41) is 3.30. The zero-order valence-corrected chi connectivity index (χ0v) is 17.9. The van der Waals surface area contributed by atoms with E-state index in [0.29, 0.717) is 58.1 Å². The number of halogens is 1. The highest BCUT2D eigenvalue weighted by Crippen LogP contribution is 2.21. The van der Waals surface area contributed by atoms with Gasteiger partial charge in [-0.15, -0.1) is 0 Å². The number of carbonyl (C=O) groups excluding carboxylic acids is 1. The molecule has 8 nitrogen and oxygen atoms in total. The number of hydrogen-bond donors (Lipinski definition) is 1. The summed E-state index contributed by atoms with van der Waals surface area (Å²) in [6.45, 7) is 2.48. The van der Waals surface area contributed by atoms with Gasteiger partial charge in [-0.25, -0.2) is 17.8 Å². The maximum Gasteiger partial charge on any atom is 0.256 e. The van der Waals surface area contributed by atoms with Crippen LogP contribution < -0.4 is 5.32 Å². The van der Waals surface area contributed by atoms with Gasteiger partial charge in [0, 0.05) is 38.4 Å². The van der Waals surface area contributed by atoms with Crippen LogP contribution in [-0.2, 0) is 14.8 Å². The molecule has 1 amide bonds. The van der Waals surface area contributed by atoms with E-state index in [4.69, 9.17) is 4.74 Å². The second-order valence-corrected chi connectivity index (χ2v) is 9.52.